The van der Waals surface area contributed by atoms with Crippen molar-refractivity contribution in [1.82, 2.24) is 5.32 Å². The summed E-state index contributed by atoms with van der Waals surface area (Å²) in [6, 6.07) is 8.00. The predicted molar refractivity (Wildman–Crippen MR) is 69.2 cm³/mol. The monoisotopic (exact) mass is 241 g/mol. The van der Waals surface area contributed by atoms with Crippen LogP contribution in [0.4, 0.5) is 0 Å². The minimum Gasteiger partial charge on any atom is -0.384 e. The highest BCUT2D eigenvalue weighted by Gasteiger charge is 2.10. The summed E-state index contributed by atoms with van der Waals surface area (Å²) in [6.07, 6.45) is 1.15. The van der Waals surface area contributed by atoms with Gasteiger partial charge in [0, 0.05) is 24.6 Å². The molecule has 0 aromatic heterocycles. The van der Waals surface area contributed by atoms with Crippen molar-refractivity contribution < 1.29 is 4.74 Å². The van der Waals surface area contributed by atoms with E-state index in [2.05, 4.69) is 18.3 Å². The fraction of sp³-hybridized carbons (Fsp3) is 0.538. The van der Waals surface area contributed by atoms with Gasteiger partial charge in [0.1, 0.15) is 0 Å². The van der Waals surface area contributed by atoms with Crippen molar-refractivity contribution in [3.63, 3.8) is 0 Å². The van der Waals surface area contributed by atoms with Gasteiger partial charge in [-0.2, -0.15) is 0 Å². The van der Waals surface area contributed by atoms with Crippen molar-refractivity contribution in [2.24, 2.45) is 0 Å². The first-order chi connectivity index (χ1) is 7.77. The number of benzene rings is 1. The predicted octanol–water partition coefficient (Wildman–Crippen LogP) is 3.07. The molecule has 1 aromatic carbocycles. The lowest BCUT2D eigenvalue weighted by Gasteiger charge is -2.17. The van der Waals surface area contributed by atoms with Crippen LogP contribution in [-0.4, -0.2) is 26.8 Å². The first-order valence-corrected chi connectivity index (χ1v) is 6.10. The molecule has 0 bridgehead atoms. The third-order valence-corrected chi connectivity index (χ3v) is 2.74. The Bertz CT molecular complexity index is 304. The third-order valence-electron chi connectivity index (χ3n) is 2.51. The molecule has 0 heterocycles. The van der Waals surface area contributed by atoms with Crippen LogP contribution in [0.15, 0.2) is 24.3 Å². The molecule has 0 amide bonds. The smallest absolute Gasteiger partial charge is 0.0543 e. The van der Waals surface area contributed by atoms with Gasteiger partial charge < -0.3 is 10.1 Å². The van der Waals surface area contributed by atoms with Gasteiger partial charge in [-0.05, 0) is 30.7 Å². The van der Waals surface area contributed by atoms with Crippen LogP contribution in [0.3, 0.4) is 0 Å². The number of hydrogen-bond acceptors (Lipinski definition) is 2. The lowest BCUT2D eigenvalue weighted by atomic mass is 10.00. The van der Waals surface area contributed by atoms with Crippen molar-refractivity contribution >= 4 is 11.6 Å². The molecule has 1 unspecified atom stereocenters. The molecule has 1 aromatic rings. The Balaban J connectivity index is 2.61. The summed E-state index contributed by atoms with van der Waals surface area (Å²) in [6.45, 7) is 4.86. The minimum atomic E-state index is 0.371. The van der Waals surface area contributed by atoms with E-state index < -0.39 is 0 Å². The number of nitrogens with one attached hydrogen (secondary N) is 1. The zero-order chi connectivity index (χ0) is 11.8. The van der Waals surface area contributed by atoms with Gasteiger partial charge in [-0.15, -0.1) is 0 Å². The Kier molecular flexibility index (Phi) is 6.46. The summed E-state index contributed by atoms with van der Waals surface area (Å²) >= 11 is 5.99. The Labute approximate surface area is 103 Å². The normalized spacial score (nSPS) is 12.7. The van der Waals surface area contributed by atoms with E-state index in [9.17, 15) is 0 Å². The fourth-order valence-corrected chi connectivity index (χ4v) is 1.89. The van der Waals surface area contributed by atoms with Crippen LogP contribution in [0, 0.1) is 0 Å². The summed E-state index contributed by atoms with van der Waals surface area (Å²) < 4.78 is 5.25. The highest BCUT2D eigenvalue weighted by molar-refractivity contribution is 6.30. The van der Waals surface area contributed by atoms with E-state index in [1.165, 1.54) is 5.56 Å². The maximum atomic E-state index is 5.99. The zero-order valence-corrected chi connectivity index (χ0v) is 10.8. The molecule has 1 N–H and O–H groups in total. The average Bonchev–Trinajstić information content (AvgIpc) is 2.28. The summed E-state index contributed by atoms with van der Waals surface area (Å²) in [5.41, 5.74) is 1.23. The van der Waals surface area contributed by atoms with E-state index in [-0.39, 0.29) is 0 Å². The quantitative estimate of drug-likeness (QED) is 0.741. The van der Waals surface area contributed by atoms with E-state index in [0.29, 0.717) is 5.92 Å². The second-order valence-electron chi connectivity index (χ2n) is 3.91. The molecule has 3 heteroatoms. The molecule has 0 aliphatic heterocycles. The molecule has 0 radical (unpaired) electrons. The van der Waals surface area contributed by atoms with Crippen molar-refractivity contribution in [3.8, 4) is 0 Å². The van der Waals surface area contributed by atoms with Crippen molar-refractivity contribution in [2.45, 2.75) is 19.3 Å². The number of halogens is 1. The maximum absolute atomic E-state index is 5.99. The van der Waals surface area contributed by atoms with Gasteiger partial charge in [0.15, 0.2) is 0 Å². The molecule has 1 rings (SSSR count). The number of ether oxygens (including phenoxy) is 1. The van der Waals surface area contributed by atoms with Crippen LogP contribution in [0.25, 0.3) is 0 Å². The lowest BCUT2D eigenvalue weighted by Crippen LogP contribution is -2.25. The standard InChI is InChI=1S/C13H20ClNO/c1-3-7-15-9-12(10-16-2)11-5-4-6-13(14)8-11/h4-6,8,12,15H,3,7,9-10H2,1-2H3. The van der Waals surface area contributed by atoms with Gasteiger partial charge in [-0.1, -0.05) is 30.7 Å². The molecule has 0 saturated carbocycles. The van der Waals surface area contributed by atoms with E-state index in [0.717, 1.165) is 31.1 Å². The van der Waals surface area contributed by atoms with Gasteiger partial charge >= 0.3 is 0 Å². The molecule has 2 nitrogen and oxygen atoms in total. The maximum Gasteiger partial charge on any atom is 0.0543 e. The van der Waals surface area contributed by atoms with Gasteiger partial charge in [0.05, 0.1) is 6.61 Å². The van der Waals surface area contributed by atoms with Gasteiger partial charge in [0.2, 0.25) is 0 Å². The zero-order valence-electron chi connectivity index (χ0n) is 10.0. The number of rotatable bonds is 7. The van der Waals surface area contributed by atoms with Crippen molar-refractivity contribution in [2.75, 3.05) is 26.8 Å². The van der Waals surface area contributed by atoms with Gasteiger partial charge in [-0.3, -0.25) is 0 Å². The molecule has 0 fully saturated rings. The molecule has 1 atom stereocenters. The summed E-state index contributed by atoms with van der Waals surface area (Å²) in [4.78, 5) is 0. The average molecular weight is 242 g/mol. The number of methoxy groups -OCH3 is 1. The van der Waals surface area contributed by atoms with Gasteiger partial charge in [-0.25, -0.2) is 0 Å². The second kappa shape index (κ2) is 7.66. The Morgan fingerprint density at radius 2 is 2.25 bits per heavy atom. The molecule has 0 spiro atoms. The van der Waals surface area contributed by atoms with Crippen LogP contribution < -0.4 is 5.32 Å². The number of hydrogen-bond donors (Lipinski definition) is 1. The molecule has 90 valence electrons. The Morgan fingerprint density at radius 1 is 1.44 bits per heavy atom. The Hall–Kier alpha value is -0.570. The van der Waals surface area contributed by atoms with Crippen LogP contribution in [0.1, 0.15) is 24.8 Å². The second-order valence-corrected chi connectivity index (χ2v) is 4.35. The van der Waals surface area contributed by atoms with Gasteiger partial charge in [0.25, 0.3) is 0 Å². The molecule has 16 heavy (non-hydrogen) atoms. The molecule has 0 saturated heterocycles. The first kappa shape index (κ1) is 13.5. The Morgan fingerprint density at radius 3 is 2.88 bits per heavy atom. The lowest BCUT2D eigenvalue weighted by molar-refractivity contribution is 0.178. The van der Waals surface area contributed by atoms with E-state index >= 15 is 0 Å². The first-order valence-electron chi connectivity index (χ1n) is 5.73. The van der Waals surface area contributed by atoms with E-state index in [4.69, 9.17) is 16.3 Å². The summed E-state index contributed by atoms with van der Waals surface area (Å²) in [5, 5.41) is 4.20. The highest BCUT2D eigenvalue weighted by Crippen LogP contribution is 2.19. The third kappa shape index (κ3) is 4.52. The largest absolute Gasteiger partial charge is 0.384 e. The summed E-state index contributed by atoms with van der Waals surface area (Å²) in [5.74, 6) is 0.371. The molecule has 0 aliphatic carbocycles. The van der Waals surface area contributed by atoms with Crippen LogP contribution in [0.2, 0.25) is 5.02 Å². The fourth-order valence-electron chi connectivity index (χ4n) is 1.69. The molecular weight excluding hydrogens is 222 g/mol. The van der Waals surface area contributed by atoms with Crippen molar-refractivity contribution in [3.05, 3.63) is 34.9 Å². The van der Waals surface area contributed by atoms with E-state index in [1.807, 2.05) is 18.2 Å². The van der Waals surface area contributed by atoms with Crippen molar-refractivity contribution in [1.29, 1.82) is 0 Å². The van der Waals surface area contributed by atoms with Crippen LogP contribution >= 0.6 is 11.6 Å². The molecular formula is C13H20ClNO. The van der Waals surface area contributed by atoms with Crippen LogP contribution in [-0.2, 0) is 4.74 Å². The topological polar surface area (TPSA) is 21.3 Å². The minimum absolute atomic E-state index is 0.371. The van der Waals surface area contributed by atoms with E-state index in [1.54, 1.807) is 7.11 Å². The highest BCUT2D eigenvalue weighted by atomic mass is 35.5. The molecule has 0 aliphatic rings. The SMILES string of the molecule is CCCNCC(COC)c1cccc(Cl)c1. The summed E-state index contributed by atoms with van der Waals surface area (Å²) in [7, 11) is 1.73. The van der Waals surface area contributed by atoms with Crippen LogP contribution in [0.5, 0.6) is 0 Å².